The minimum atomic E-state index is -0.527. The van der Waals surface area contributed by atoms with Crippen LogP contribution in [0.2, 0.25) is 5.02 Å². The summed E-state index contributed by atoms with van der Waals surface area (Å²) in [7, 11) is 3.42. The normalized spacial score (nSPS) is 13.1. The Balaban J connectivity index is 2.50. The van der Waals surface area contributed by atoms with Crippen LogP contribution in [0.15, 0.2) is 18.2 Å². The highest BCUT2D eigenvalue weighted by Gasteiger charge is 2.09. The first-order valence-electron chi connectivity index (χ1n) is 5.32. The molecule has 96 valence electrons. The van der Waals surface area contributed by atoms with E-state index in [9.17, 15) is 9.50 Å². The number of nitrogens with zero attached hydrogens (tertiary/aromatic N) is 1. The molecular weight excluding hydrogens is 245 g/mol. The molecule has 3 nitrogen and oxygen atoms in total. The van der Waals surface area contributed by atoms with Gasteiger partial charge in [0.25, 0.3) is 0 Å². The molecule has 0 saturated carbocycles. The van der Waals surface area contributed by atoms with E-state index < -0.39 is 11.9 Å². The van der Waals surface area contributed by atoms with Crippen LogP contribution in [0.4, 0.5) is 4.39 Å². The number of benzene rings is 1. The van der Waals surface area contributed by atoms with Crippen LogP contribution >= 0.6 is 11.6 Å². The summed E-state index contributed by atoms with van der Waals surface area (Å²) in [6.45, 7) is 1.39. The number of hydrogen-bond acceptors (Lipinski definition) is 3. The fourth-order valence-corrected chi connectivity index (χ4v) is 1.82. The van der Waals surface area contributed by atoms with E-state index in [0.717, 1.165) is 5.56 Å². The fraction of sp³-hybridized carbons (Fsp3) is 0.500. The van der Waals surface area contributed by atoms with Gasteiger partial charge in [-0.2, -0.15) is 0 Å². The maximum absolute atomic E-state index is 12.9. The van der Waals surface area contributed by atoms with Crippen molar-refractivity contribution >= 4 is 11.6 Å². The quantitative estimate of drug-likeness (QED) is 0.849. The van der Waals surface area contributed by atoms with E-state index in [1.54, 1.807) is 19.2 Å². The lowest BCUT2D eigenvalue weighted by Crippen LogP contribution is -2.31. The highest BCUT2D eigenvalue weighted by molar-refractivity contribution is 6.30. The van der Waals surface area contributed by atoms with Gasteiger partial charge in [0.15, 0.2) is 0 Å². The zero-order valence-electron chi connectivity index (χ0n) is 9.99. The van der Waals surface area contributed by atoms with Gasteiger partial charge in [-0.1, -0.05) is 17.7 Å². The summed E-state index contributed by atoms with van der Waals surface area (Å²) in [5.41, 5.74) is 0.906. The molecule has 1 N–H and O–H groups in total. The van der Waals surface area contributed by atoms with Crippen molar-refractivity contribution in [1.29, 1.82) is 0 Å². The average molecular weight is 262 g/mol. The lowest BCUT2D eigenvalue weighted by Gasteiger charge is -2.20. The van der Waals surface area contributed by atoms with Crippen LogP contribution < -0.4 is 0 Å². The third-order valence-electron chi connectivity index (χ3n) is 2.32. The second-order valence-electron chi connectivity index (χ2n) is 4.05. The van der Waals surface area contributed by atoms with Crippen LogP contribution in [-0.2, 0) is 11.3 Å². The summed E-state index contributed by atoms with van der Waals surface area (Å²) in [4.78, 5) is 1.92. The molecule has 1 aromatic carbocycles. The Labute approximate surface area is 106 Å². The van der Waals surface area contributed by atoms with Gasteiger partial charge in [0.1, 0.15) is 5.82 Å². The summed E-state index contributed by atoms with van der Waals surface area (Å²) in [6.07, 6.45) is -0.527. The molecule has 0 radical (unpaired) electrons. The summed E-state index contributed by atoms with van der Waals surface area (Å²) in [6, 6.07) is 4.62. The van der Waals surface area contributed by atoms with Gasteiger partial charge in [0.2, 0.25) is 0 Å². The van der Waals surface area contributed by atoms with Crippen LogP contribution in [0.5, 0.6) is 0 Å². The van der Waals surface area contributed by atoms with Gasteiger partial charge in [0.05, 0.1) is 17.7 Å². The maximum atomic E-state index is 12.9. The lowest BCUT2D eigenvalue weighted by molar-refractivity contribution is 0.0419. The molecule has 0 bridgehead atoms. The first kappa shape index (κ1) is 14.4. The summed E-state index contributed by atoms with van der Waals surface area (Å²) < 4.78 is 17.8. The predicted molar refractivity (Wildman–Crippen MR) is 65.6 cm³/mol. The average Bonchev–Trinajstić information content (AvgIpc) is 2.23. The van der Waals surface area contributed by atoms with E-state index in [1.165, 1.54) is 6.07 Å². The topological polar surface area (TPSA) is 32.7 Å². The van der Waals surface area contributed by atoms with Gasteiger partial charge in [-0.15, -0.1) is 0 Å². The molecule has 0 aliphatic heterocycles. The predicted octanol–water partition coefficient (Wildman–Crippen LogP) is 1.92. The van der Waals surface area contributed by atoms with Gasteiger partial charge in [-0.3, -0.25) is 4.90 Å². The molecule has 0 saturated heterocycles. The molecule has 1 atom stereocenters. The Bertz CT molecular complexity index is 362. The second kappa shape index (κ2) is 6.91. The highest BCUT2D eigenvalue weighted by Crippen LogP contribution is 2.16. The number of methoxy groups -OCH3 is 1. The summed E-state index contributed by atoms with van der Waals surface area (Å²) in [5, 5.41) is 9.66. The molecule has 0 heterocycles. The minimum absolute atomic E-state index is 0.119. The van der Waals surface area contributed by atoms with Crippen molar-refractivity contribution in [2.45, 2.75) is 12.6 Å². The van der Waals surface area contributed by atoms with Gasteiger partial charge in [-0.25, -0.2) is 4.39 Å². The van der Waals surface area contributed by atoms with Crippen molar-refractivity contribution in [2.75, 3.05) is 27.3 Å². The first-order valence-corrected chi connectivity index (χ1v) is 5.70. The monoisotopic (exact) mass is 261 g/mol. The molecule has 0 aromatic heterocycles. The molecule has 1 aromatic rings. The zero-order valence-corrected chi connectivity index (χ0v) is 10.7. The molecule has 0 spiro atoms. The molecule has 0 aliphatic carbocycles. The van der Waals surface area contributed by atoms with Gasteiger partial charge in [-0.05, 0) is 24.7 Å². The SMILES string of the molecule is COC[C@H](O)CN(C)Cc1ccc(F)c(Cl)c1. The van der Waals surface area contributed by atoms with Crippen LogP contribution in [0.25, 0.3) is 0 Å². The molecular formula is C12H17ClFNO2. The van der Waals surface area contributed by atoms with Crippen LogP contribution in [0, 0.1) is 5.82 Å². The number of halogens is 2. The van der Waals surface area contributed by atoms with Crippen LogP contribution in [-0.4, -0.2) is 43.4 Å². The Morgan fingerprint density at radius 1 is 1.53 bits per heavy atom. The van der Waals surface area contributed by atoms with E-state index in [2.05, 4.69) is 0 Å². The highest BCUT2D eigenvalue weighted by atomic mass is 35.5. The van der Waals surface area contributed by atoms with E-state index in [-0.39, 0.29) is 5.02 Å². The van der Waals surface area contributed by atoms with Crippen molar-refractivity contribution in [3.05, 3.63) is 34.6 Å². The van der Waals surface area contributed by atoms with Crippen molar-refractivity contribution in [2.24, 2.45) is 0 Å². The maximum Gasteiger partial charge on any atom is 0.141 e. The van der Waals surface area contributed by atoms with Crippen molar-refractivity contribution in [1.82, 2.24) is 4.90 Å². The molecule has 0 unspecified atom stereocenters. The Morgan fingerprint density at radius 3 is 2.82 bits per heavy atom. The number of likely N-dealkylation sites (N-methyl/N-ethyl adjacent to an activating group) is 1. The Morgan fingerprint density at radius 2 is 2.24 bits per heavy atom. The number of aliphatic hydroxyl groups is 1. The number of ether oxygens (including phenoxy) is 1. The van der Waals surface area contributed by atoms with E-state index in [4.69, 9.17) is 16.3 Å². The Kier molecular flexibility index (Phi) is 5.85. The van der Waals surface area contributed by atoms with Gasteiger partial charge < -0.3 is 9.84 Å². The summed E-state index contributed by atoms with van der Waals surface area (Å²) in [5.74, 6) is -0.419. The van der Waals surface area contributed by atoms with Crippen molar-refractivity contribution < 1.29 is 14.2 Å². The third-order valence-corrected chi connectivity index (χ3v) is 2.61. The number of rotatable bonds is 6. The van der Waals surface area contributed by atoms with Crippen LogP contribution in [0.1, 0.15) is 5.56 Å². The van der Waals surface area contributed by atoms with E-state index >= 15 is 0 Å². The van der Waals surface area contributed by atoms with E-state index in [1.807, 2.05) is 11.9 Å². The Hall–Kier alpha value is -0.680. The van der Waals surface area contributed by atoms with Gasteiger partial charge in [0, 0.05) is 20.2 Å². The number of aliphatic hydroxyl groups excluding tert-OH is 1. The second-order valence-corrected chi connectivity index (χ2v) is 4.46. The summed E-state index contributed by atoms with van der Waals surface area (Å²) >= 11 is 5.69. The zero-order chi connectivity index (χ0) is 12.8. The van der Waals surface area contributed by atoms with Gasteiger partial charge >= 0.3 is 0 Å². The largest absolute Gasteiger partial charge is 0.389 e. The third kappa shape index (κ3) is 5.00. The molecule has 0 fully saturated rings. The lowest BCUT2D eigenvalue weighted by atomic mass is 10.2. The molecule has 17 heavy (non-hydrogen) atoms. The molecule has 0 amide bonds. The minimum Gasteiger partial charge on any atom is -0.389 e. The first-order chi connectivity index (χ1) is 8.02. The number of hydrogen-bond donors (Lipinski definition) is 1. The van der Waals surface area contributed by atoms with Crippen LogP contribution in [0.3, 0.4) is 0 Å². The molecule has 1 rings (SSSR count). The fourth-order valence-electron chi connectivity index (χ4n) is 1.62. The molecule has 0 aliphatic rings. The van der Waals surface area contributed by atoms with E-state index in [0.29, 0.717) is 19.7 Å². The molecule has 5 heteroatoms. The standard InChI is InChI=1S/C12H17ClFNO2/c1-15(7-10(16)8-17-2)6-9-3-4-12(14)11(13)5-9/h3-5,10,16H,6-8H2,1-2H3/t10-/m1/s1. The van der Waals surface area contributed by atoms with Crippen molar-refractivity contribution in [3.63, 3.8) is 0 Å². The smallest absolute Gasteiger partial charge is 0.141 e. The van der Waals surface area contributed by atoms with Crippen molar-refractivity contribution in [3.8, 4) is 0 Å².